The Bertz CT molecular complexity index is 1100. The number of halogens is 3. The number of nitrogens with zero attached hydrogens (tertiary/aromatic N) is 2. The summed E-state index contributed by atoms with van der Waals surface area (Å²) in [4.78, 5) is 30.6. The fourth-order valence-corrected chi connectivity index (χ4v) is 6.30. The van der Waals surface area contributed by atoms with Crippen molar-refractivity contribution in [3.05, 3.63) is 70.8 Å². The molecule has 2 fully saturated rings. The third-order valence-electron chi connectivity index (χ3n) is 8.25. The number of alkyl halides is 3. The number of hydrogen-bond donors (Lipinski definition) is 1. The van der Waals surface area contributed by atoms with Gasteiger partial charge in [0.2, 0.25) is 5.91 Å². The number of amides is 2. The number of carbonyl (C=O) groups excluding carboxylic acids is 2. The highest BCUT2D eigenvalue weighted by Crippen LogP contribution is 2.34. The van der Waals surface area contributed by atoms with Crippen molar-refractivity contribution in [3.63, 3.8) is 0 Å². The average Bonchev–Trinajstić information content (AvgIpc) is 3.43. The highest BCUT2D eigenvalue weighted by Gasteiger charge is 2.38. The highest BCUT2D eigenvalue weighted by atomic mass is 19.4. The number of rotatable bonds is 5. The Morgan fingerprint density at radius 3 is 2.22 bits per heavy atom. The molecule has 5 rings (SSSR count). The van der Waals surface area contributed by atoms with Crippen LogP contribution >= 0.6 is 0 Å². The van der Waals surface area contributed by atoms with Crippen molar-refractivity contribution in [2.45, 2.75) is 63.2 Å². The van der Waals surface area contributed by atoms with Crippen molar-refractivity contribution in [1.29, 1.82) is 0 Å². The van der Waals surface area contributed by atoms with E-state index >= 15 is 0 Å². The molecule has 0 aromatic heterocycles. The molecule has 1 aliphatic heterocycles. The van der Waals surface area contributed by atoms with Gasteiger partial charge in [0.15, 0.2) is 0 Å². The summed E-state index contributed by atoms with van der Waals surface area (Å²) in [6.45, 7) is 2.04. The Labute approximate surface area is 216 Å². The molecule has 8 heteroatoms. The van der Waals surface area contributed by atoms with Crippen LogP contribution in [0.2, 0.25) is 0 Å². The normalized spacial score (nSPS) is 21.9. The lowest BCUT2D eigenvalue weighted by atomic mass is 9.87. The first kappa shape index (κ1) is 25.8. The number of aryl methyl sites for hydroxylation is 1. The fourth-order valence-electron chi connectivity index (χ4n) is 6.30. The maximum atomic E-state index is 13.7. The quantitative estimate of drug-likeness (QED) is 0.597. The van der Waals surface area contributed by atoms with Gasteiger partial charge in [-0.05, 0) is 73.4 Å². The van der Waals surface area contributed by atoms with Crippen LogP contribution in [0.25, 0.3) is 0 Å². The van der Waals surface area contributed by atoms with Crippen molar-refractivity contribution in [2.75, 3.05) is 26.2 Å². The third kappa shape index (κ3) is 5.69. The van der Waals surface area contributed by atoms with E-state index in [0.717, 1.165) is 57.1 Å². The van der Waals surface area contributed by atoms with Crippen molar-refractivity contribution in [2.24, 2.45) is 5.92 Å². The van der Waals surface area contributed by atoms with Gasteiger partial charge in [0.25, 0.3) is 5.91 Å². The van der Waals surface area contributed by atoms with Crippen LogP contribution in [-0.2, 0) is 17.4 Å². The molecule has 0 unspecified atom stereocenters. The molecule has 37 heavy (non-hydrogen) atoms. The van der Waals surface area contributed by atoms with Crippen molar-refractivity contribution >= 4 is 11.8 Å². The zero-order chi connectivity index (χ0) is 26.0. The van der Waals surface area contributed by atoms with E-state index in [1.54, 1.807) is 4.90 Å². The van der Waals surface area contributed by atoms with E-state index in [0.29, 0.717) is 32.1 Å². The molecule has 1 N–H and O–H groups in total. The zero-order valence-electron chi connectivity index (χ0n) is 21.0. The molecule has 3 aliphatic rings. The molecular formula is C29H34F3N3O2. The summed E-state index contributed by atoms with van der Waals surface area (Å²) < 4.78 is 38.6. The highest BCUT2D eigenvalue weighted by molar-refractivity contribution is 5.94. The van der Waals surface area contributed by atoms with Crippen LogP contribution in [0.3, 0.4) is 0 Å². The van der Waals surface area contributed by atoms with E-state index in [2.05, 4.69) is 28.4 Å². The predicted octanol–water partition coefficient (Wildman–Crippen LogP) is 5.22. The molecule has 2 atom stereocenters. The smallest absolute Gasteiger partial charge is 0.348 e. The summed E-state index contributed by atoms with van der Waals surface area (Å²) >= 11 is 0. The lowest BCUT2D eigenvalue weighted by molar-refractivity contribution is -0.137. The Morgan fingerprint density at radius 1 is 0.865 bits per heavy atom. The topological polar surface area (TPSA) is 52.7 Å². The SMILES string of the molecule is O=C(N[C@H]1CCCc2ccccc21)[C@@H](C1CCCC1)N1CCN(C(=O)c2ccc(C(F)(F)F)cc2)CC1. The van der Waals surface area contributed by atoms with Gasteiger partial charge in [-0.2, -0.15) is 13.2 Å². The minimum atomic E-state index is -4.43. The second-order valence-electron chi connectivity index (χ2n) is 10.5. The van der Waals surface area contributed by atoms with E-state index in [1.165, 1.54) is 23.3 Å². The second kappa shape index (κ2) is 10.9. The summed E-state index contributed by atoms with van der Waals surface area (Å²) in [6.07, 6.45) is 2.94. The van der Waals surface area contributed by atoms with Crippen LogP contribution < -0.4 is 5.32 Å². The third-order valence-corrected chi connectivity index (χ3v) is 8.25. The van der Waals surface area contributed by atoms with Crippen LogP contribution in [0.4, 0.5) is 13.2 Å². The van der Waals surface area contributed by atoms with E-state index in [1.807, 2.05) is 6.07 Å². The molecule has 1 saturated heterocycles. The first-order valence-electron chi connectivity index (χ1n) is 13.4. The van der Waals surface area contributed by atoms with Gasteiger partial charge in [-0.25, -0.2) is 0 Å². The number of piperazine rings is 1. The van der Waals surface area contributed by atoms with Crippen molar-refractivity contribution in [1.82, 2.24) is 15.1 Å². The number of fused-ring (bicyclic) bond motifs is 1. The molecule has 5 nitrogen and oxygen atoms in total. The molecule has 1 saturated carbocycles. The Hall–Kier alpha value is -2.87. The standard InChI is InChI=1S/C29H34F3N3O2/c30-29(31,32)23-14-12-22(13-15-23)28(37)35-18-16-34(17-19-35)26(21-7-1-2-8-21)27(36)33-25-11-5-9-20-6-3-4-10-24(20)25/h3-4,6,10,12-15,21,25-26H,1-2,5,7-9,11,16-19H2,(H,33,36)/t25-,26+/m0/s1. The number of hydrogen-bond acceptors (Lipinski definition) is 3. The summed E-state index contributed by atoms with van der Waals surface area (Å²) in [5.74, 6) is 0.112. The second-order valence-corrected chi connectivity index (χ2v) is 10.5. The molecule has 2 aliphatic carbocycles. The number of benzene rings is 2. The monoisotopic (exact) mass is 513 g/mol. The van der Waals surface area contributed by atoms with Gasteiger partial charge in [0.1, 0.15) is 0 Å². The first-order valence-corrected chi connectivity index (χ1v) is 13.4. The van der Waals surface area contributed by atoms with E-state index in [9.17, 15) is 22.8 Å². The van der Waals surface area contributed by atoms with Crippen LogP contribution in [0.1, 0.15) is 71.6 Å². The lowest BCUT2D eigenvalue weighted by Crippen LogP contribution is -2.58. The number of nitrogens with one attached hydrogen (secondary N) is 1. The van der Waals surface area contributed by atoms with Crippen molar-refractivity contribution in [3.8, 4) is 0 Å². The lowest BCUT2D eigenvalue weighted by Gasteiger charge is -2.41. The van der Waals surface area contributed by atoms with Gasteiger partial charge in [0, 0.05) is 31.7 Å². The van der Waals surface area contributed by atoms with Crippen LogP contribution in [-0.4, -0.2) is 53.8 Å². The van der Waals surface area contributed by atoms with E-state index < -0.39 is 11.7 Å². The summed E-state index contributed by atoms with van der Waals surface area (Å²) in [5.41, 5.74) is 2.02. The molecular weight excluding hydrogens is 479 g/mol. The molecule has 198 valence electrons. The molecule has 0 spiro atoms. The largest absolute Gasteiger partial charge is 0.416 e. The molecule has 2 aromatic carbocycles. The summed E-state index contributed by atoms with van der Waals surface area (Å²) in [7, 11) is 0. The van der Waals surface area contributed by atoms with Gasteiger partial charge in [-0.3, -0.25) is 14.5 Å². The van der Waals surface area contributed by atoms with E-state index in [4.69, 9.17) is 0 Å². The maximum absolute atomic E-state index is 13.7. The summed E-state index contributed by atoms with van der Waals surface area (Å²) in [6, 6.07) is 12.6. The molecule has 0 radical (unpaired) electrons. The molecule has 0 bridgehead atoms. The Morgan fingerprint density at radius 2 is 1.54 bits per heavy atom. The van der Waals surface area contributed by atoms with Crippen LogP contribution in [0, 0.1) is 5.92 Å². The summed E-state index contributed by atoms with van der Waals surface area (Å²) in [5, 5.41) is 3.37. The molecule has 2 aromatic rings. The minimum Gasteiger partial charge on any atom is -0.348 e. The van der Waals surface area contributed by atoms with Crippen molar-refractivity contribution < 1.29 is 22.8 Å². The van der Waals surface area contributed by atoms with Gasteiger partial charge in [-0.15, -0.1) is 0 Å². The average molecular weight is 514 g/mol. The molecule has 2 amide bonds. The van der Waals surface area contributed by atoms with Gasteiger partial charge >= 0.3 is 6.18 Å². The van der Waals surface area contributed by atoms with Gasteiger partial charge in [-0.1, -0.05) is 37.1 Å². The van der Waals surface area contributed by atoms with E-state index in [-0.39, 0.29) is 29.5 Å². The van der Waals surface area contributed by atoms with Gasteiger partial charge in [0.05, 0.1) is 17.6 Å². The Balaban J connectivity index is 1.24. The predicted molar refractivity (Wildman–Crippen MR) is 135 cm³/mol. The van der Waals surface area contributed by atoms with Crippen LogP contribution in [0.15, 0.2) is 48.5 Å². The maximum Gasteiger partial charge on any atom is 0.416 e. The number of carbonyl (C=O) groups is 2. The van der Waals surface area contributed by atoms with Gasteiger partial charge < -0.3 is 10.2 Å². The zero-order valence-corrected chi connectivity index (χ0v) is 21.0. The molecule has 1 heterocycles. The van der Waals surface area contributed by atoms with Crippen LogP contribution in [0.5, 0.6) is 0 Å². The Kier molecular flexibility index (Phi) is 7.56. The fraction of sp³-hybridized carbons (Fsp3) is 0.517. The minimum absolute atomic E-state index is 0.0314. The first-order chi connectivity index (χ1) is 17.8.